The van der Waals surface area contributed by atoms with Crippen molar-refractivity contribution < 1.29 is 14.0 Å². The molecule has 0 aliphatic rings. The lowest BCUT2D eigenvalue weighted by molar-refractivity contribution is -0.114. The number of carbonyl (C=O) groups is 2. The van der Waals surface area contributed by atoms with E-state index in [9.17, 15) is 14.0 Å². The third-order valence-electron chi connectivity index (χ3n) is 2.95. The SMILES string of the molecule is CC(=O)c1ccccc1NC(=O)CNc1ccc(F)cc1Cl. The van der Waals surface area contributed by atoms with E-state index in [4.69, 9.17) is 11.6 Å². The molecule has 0 atom stereocenters. The van der Waals surface area contributed by atoms with Gasteiger partial charge in [0.1, 0.15) is 5.82 Å². The summed E-state index contributed by atoms with van der Waals surface area (Å²) in [6, 6.07) is 10.6. The second kappa shape index (κ2) is 7.04. The lowest BCUT2D eigenvalue weighted by Crippen LogP contribution is -2.22. The molecule has 0 fully saturated rings. The van der Waals surface area contributed by atoms with E-state index in [1.807, 2.05) is 0 Å². The predicted molar refractivity (Wildman–Crippen MR) is 85.0 cm³/mol. The number of anilines is 2. The minimum Gasteiger partial charge on any atom is -0.375 e. The van der Waals surface area contributed by atoms with Crippen LogP contribution in [0.5, 0.6) is 0 Å². The molecule has 0 saturated heterocycles. The molecule has 2 aromatic carbocycles. The van der Waals surface area contributed by atoms with Crippen molar-refractivity contribution in [3.05, 3.63) is 58.9 Å². The summed E-state index contributed by atoms with van der Waals surface area (Å²) < 4.78 is 12.9. The topological polar surface area (TPSA) is 58.2 Å². The van der Waals surface area contributed by atoms with Crippen LogP contribution in [-0.4, -0.2) is 18.2 Å². The second-order valence-corrected chi connectivity index (χ2v) is 5.03. The number of hydrogen-bond acceptors (Lipinski definition) is 3. The Morgan fingerprint density at radius 3 is 2.55 bits per heavy atom. The summed E-state index contributed by atoms with van der Waals surface area (Å²) in [4.78, 5) is 23.4. The lowest BCUT2D eigenvalue weighted by Gasteiger charge is -2.11. The van der Waals surface area contributed by atoms with E-state index in [1.165, 1.54) is 19.1 Å². The largest absolute Gasteiger partial charge is 0.375 e. The first-order chi connectivity index (χ1) is 10.5. The van der Waals surface area contributed by atoms with Gasteiger partial charge < -0.3 is 10.6 Å². The fourth-order valence-electron chi connectivity index (χ4n) is 1.90. The zero-order chi connectivity index (χ0) is 16.1. The van der Waals surface area contributed by atoms with E-state index in [2.05, 4.69) is 10.6 Å². The van der Waals surface area contributed by atoms with E-state index < -0.39 is 5.82 Å². The summed E-state index contributed by atoms with van der Waals surface area (Å²) in [5.74, 6) is -0.921. The Kier molecular flexibility index (Phi) is 5.12. The van der Waals surface area contributed by atoms with Crippen molar-refractivity contribution in [1.82, 2.24) is 0 Å². The highest BCUT2D eigenvalue weighted by atomic mass is 35.5. The number of ketones is 1. The van der Waals surface area contributed by atoms with Crippen LogP contribution in [0.1, 0.15) is 17.3 Å². The molecule has 2 N–H and O–H groups in total. The van der Waals surface area contributed by atoms with Crippen LogP contribution in [0.4, 0.5) is 15.8 Å². The summed E-state index contributed by atoms with van der Waals surface area (Å²) in [6.07, 6.45) is 0. The normalized spacial score (nSPS) is 10.1. The third-order valence-corrected chi connectivity index (χ3v) is 3.26. The molecule has 0 bridgehead atoms. The molecule has 0 unspecified atom stereocenters. The van der Waals surface area contributed by atoms with Gasteiger partial charge in [-0.2, -0.15) is 0 Å². The van der Waals surface area contributed by atoms with Crippen LogP contribution in [0.2, 0.25) is 5.02 Å². The molecule has 22 heavy (non-hydrogen) atoms. The first-order valence-electron chi connectivity index (χ1n) is 6.56. The number of rotatable bonds is 5. The Bertz CT molecular complexity index is 719. The van der Waals surface area contributed by atoms with Crippen LogP contribution in [0, 0.1) is 5.82 Å². The van der Waals surface area contributed by atoms with Crippen molar-refractivity contribution in [2.24, 2.45) is 0 Å². The van der Waals surface area contributed by atoms with Gasteiger partial charge >= 0.3 is 0 Å². The average molecular weight is 321 g/mol. The van der Waals surface area contributed by atoms with Gasteiger partial charge in [0.2, 0.25) is 5.91 Å². The third kappa shape index (κ3) is 4.05. The van der Waals surface area contributed by atoms with Gasteiger partial charge in [0.05, 0.1) is 22.9 Å². The van der Waals surface area contributed by atoms with Gasteiger partial charge in [-0.3, -0.25) is 9.59 Å². The van der Waals surface area contributed by atoms with E-state index >= 15 is 0 Å². The Morgan fingerprint density at radius 1 is 1.14 bits per heavy atom. The highest BCUT2D eigenvalue weighted by Crippen LogP contribution is 2.22. The van der Waals surface area contributed by atoms with E-state index in [0.717, 1.165) is 6.07 Å². The standard InChI is InChI=1S/C16H14ClFN2O2/c1-10(21)12-4-2-3-5-14(12)20-16(22)9-19-15-7-6-11(18)8-13(15)17/h2-8,19H,9H2,1H3,(H,20,22). The zero-order valence-electron chi connectivity index (χ0n) is 11.8. The number of benzene rings is 2. The molecule has 114 valence electrons. The predicted octanol–water partition coefficient (Wildman–Crippen LogP) is 3.73. The van der Waals surface area contributed by atoms with Gasteiger partial charge in [0.15, 0.2) is 5.78 Å². The summed E-state index contributed by atoms with van der Waals surface area (Å²) in [5.41, 5.74) is 1.35. The number of carbonyl (C=O) groups excluding carboxylic acids is 2. The van der Waals surface area contributed by atoms with Crippen LogP contribution in [-0.2, 0) is 4.79 Å². The Balaban J connectivity index is 2.00. The van der Waals surface area contributed by atoms with Crippen molar-refractivity contribution in [3.63, 3.8) is 0 Å². The van der Waals surface area contributed by atoms with E-state index in [1.54, 1.807) is 24.3 Å². The zero-order valence-corrected chi connectivity index (χ0v) is 12.6. The van der Waals surface area contributed by atoms with Crippen molar-refractivity contribution in [2.45, 2.75) is 6.92 Å². The summed E-state index contributed by atoms with van der Waals surface area (Å²) >= 11 is 5.86. The maximum Gasteiger partial charge on any atom is 0.243 e. The highest BCUT2D eigenvalue weighted by Gasteiger charge is 2.10. The molecule has 0 aromatic heterocycles. The van der Waals surface area contributed by atoms with Gasteiger partial charge in [-0.15, -0.1) is 0 Å². The highest BCUT2D eigenvalue weighted by molar-refractivity contribution is 6.33. The second-order valence-electron chi connectivity index (χ2n) is 4.63. The Labute approximate surface area is 132 Å². The van der Waals surface area contributed by atoms with E-state index in [-0.39, 0.29) is 23.3 Å². The Hall–Kier alpha value is -2.40. The summed E-state index contributed by atoms with van der Waals surface area (Å²) in [7, 11) is 0. The molecule has 0 aliphatic heterocycles. The molecule has 1 amide bonds. The van der Waals surface area contributed by atoms with Crippen LogP contribution >= 0.6 is 11.6 Å². The van der Waals surface area contributed by atoms with Crippen molar-refractivity contribution in [1.29, 1.82) is 0 Å². The van der Waals surface area contributed by atoms with E-state index in [0.29, 0.717) is 16.9 Å². The lowest BCUT2D eigenvalue weighted by atomic mass is 10.1. The first-order valence-corrected chi connectivity index (χ1v) is 6.94. The Morgan fingerprint density at radius 2 is 1.86 bits per heavy atom. The number of halogens is 2. The number of amides is 1. The maximum absolute atomic E-state index is 12.9. The van der Waals surface area contributed by atoms with Crippen LogP contribution in [0.15, 0.2) is 42.5 Å². The van der Waals surface area contributed by atoms with Crippen molar-refractivity contribution >= 4 is 34.7 Å². The molecule has 0 heterocycles. The van der Waals surface area contributed by atoms with Gasteiger partial charge in [0.25, 0.3) is 0 Å². The van der Waals surface area contributed by atoms with Gasteiger partial charge in [-0.1, -0.05) is 23.7 Å². The van der Waals surface area contributed by atoms with Gasteiger partial charge in [-0.05, 0) is 37.3 Å². The smallest absolute Gasteiger partial charge is 0.243 e. The van der Waals surface area contributed by atoms with Crippen LogP contribution in [0.3, 0.4) is 0 Å². The molecule has 0 radical (unpaired) electrons. The number of nitrogens with one attached hydrogen (secondary N) is 2. The quantitative estimate of drug-likeness (QED) is 0.825. The minimum absolute atomic E-state index is 0.0579. The van der Waals surface area contributed by atoms with Crippen LogP contribution in [0.25, 0.3) is 0 Å². The maximum atomic E-state index is 12.9. The molecular weight excluding hydrogens is 307 g/mol. The fourth-order valence-corrected chi connectivity index (χ4v) is 2.14. The molecule has 6 heteroatoms. The molecule has 2 aromatic rings. The average Bonchev–Trinajstić information content (AvgIpc) is 2.46. The van der Waals surface area contributed by atoms with Crippen molar-refractivity contribution in [2.75, 3.05) is 17.2 Å². The fraction of sp³-hybridized carbons (Fsp3) is 0.125. The number of Topliss-reactive ketones (excluding diaryl/α,β-unsaturated/α-hetero) is 1. The van der Waals surface area contributed by atoms with Gasteiger partial charge in [-0.25, -0.2) is 4.39 Å². The molecule has 4 nitrogen and oxygen atoms in total. The molecular formula is C16H14ClFN2O2. The monoisotopic (exact) mass is 320 g/mol. The minimum atomic E-state index is -0.449. The number of para-hydroxylation sites is 1. The van der Waals surface area contributed by atoms with Crippen molar-refractivity contribution in [3.8, 4) is 0 Å². The van der Waals surface area contributed by atoms with Crippen LogP contribution < -0.4 is 10.6 Å². The molecule has 0 saturated carbocycles. The molecule has 0 aliphatic carbocycles. The van der Waals surface area contributed by atoms with Gasteiger partial charge in [0, 0.05) is 5.56 Å². The first kappa shape index (κ1) is 16.0. The summed E-state index contributed by atoms with van der Waals surface area (Å²) in [5, 5.41) is 5.66. The molecule has 2 rings (SSSR count). The summed E-state index contributed by atoms with van der Waals surface area (Å²) in [6.45, 7) is 1.37. The number of hydrogen-bond donors (Lipinski definition) is 2. The molecule has 0 spiro atoms.